The summed E-state index contributed by atoms with van der Waals surface area (Å²) in [6.07, 6.45) is -0.0536. The van der Waals surface area contributed by atoms with E-state index in [4.69, 9.17) is 14.2 Å². The molecule has 0 aliphatic carbocycles. The number of hydrogen-bond acceptors (Lipinski definition) is 8. The topological polar surface area (TPSA) is 156 Å². The molecule has 3 heterocycles. The molecule has 3 aromatic carbocycles. The van der Waals surface area contributed by atoms with Crippen LogP contribution in [0.25, 0.3) is 0 Å². The first-order valence-electron chi connectivity index (χ1n) is 15.1. The summed E-state index contributed by atoms with van der Waals surface area (Å²) >= 11 is 0. The van der Waals surface area contributed by atoms with Gasteiger partial charge in [-0.15, -0.1) is 0 Å². The Morgan fingerprint density at radius 2 is 1.59 bits per heavy atom. The zero-order valence-electron chi connectivity index (χ0n) is 26.1. The van der Waals surface area contributed by atoms with Gasteiger partial charge in [-0.05, 0) is 60.9 Å². The van der Waals surface area contributed by atoms with E-state index in [0.29, 0.717) is 36.1 Å². The molecule has 3 atom stereocenters. The highest BCUT2D eigenvalue weighted by molar-refractivity contribution is 6.00. The van der Waals surface area contributed by atoms with Crippen molar-refractivity contribution in [3.8, 4) is 28.7 Å². The number of para-hydroxylation sites is 2. The Hall–Kier alpha value is -5.26. The van der Waals surface area contributed by atoms with Gasteiger partial charge in [-0.1, -0.05) is 38.1 Å². The molecule has 4 amide bonds. The van der Waals surface area contributed by atoms with E-state index in [2.05, 4.69) is 16.0 Å². The first kappa shape index (κ1) is 32.1. The van der Waals surface area contributed by atoms with E-state index in [1.165, 1.54) is 25.1 Å². The maximum Gasteiger partial charge on any atom is 0.255 e. The second kappa shape index (κ2) is 13.8. The summed E-state index contributed by atoms with van der Waals surface area (Å²) in [5, 5.41) is 18.5. The van der Waals surface area contributed by atoms with Crippen molar-refractivity contribution >= 4 is 23.6 Å². The molecule has 0 saturated carbocycles. The van der Waals surface area contributed by atoms with Crippen LogP contribution in [-0.4, -0.2) is 78.1 Å². The van der Waals surface area contributed by atoms with Crippen molar-refractivity contribution in [2.75, 3.05) is 20.2 Å². The molecule has 0 aromatic heterocycles. The van der Waals surface area contributed by atoms with Crippen LogP contribution in [0.5, 0.6) is 28.7 Å². The number of methoxy groups -OCH3 is 1. The number of phenolic OH excluding ortho intramolecular Hbond substituents is 1. The number of amides is 4. The number of benzene rings is 3. The molecule has 4 bridgehead atoms. The number of likely N-dealkylation sites (tertiary alicyclic amines) is 1. The Labute approximate surface area is 267 Å². The minimum absolute atomic E-state index is 0.0672. The summed E-state index contributed by atoms with van der Waals surface area (Å²) in [5.41, 5.74) is 0.694. The highest BCUT2D eigenvalue weighted by Crippen LogP contribution is 2.30. The highest BCUT2D eigenvalue weighted by Gasteiger charge is 2.38. The van der Waals surface area contributed by atoms with Crippen molar-refractivity contribution in [3.63, 3.8) is 0 Å². The van der Waals surface area contributed by atoms with Crippen LogP contribution in [0.3, 0.4) is 0 Å². The Balaban J connectivity index is 1.37. The van der Waals surface area contributed by atoms with E-state index in [0.717, 1.165) is 5.56 Å². The van der Waals surface area contributed by atoms with Crippen molar-refractivity contribution in [1.29, 1.82) is 0 Å². The zero-order valence-corrected chi connectivity index (χ0v) is 26.1. The summed E-state index contributed by atoms with van der Waals surface area (Å²) in [6, 6.07) is 15.5. The minimum atomic E-state index is -1.02. The average Bonchev–Trinajstić information content (AvgIpc) is 3.01. The van der Waals surface area contributed by atoms with Crippen molar-refractivity contribution in [2.24, 2.45) is 5.92 Å². The van der Waals surface area contributed by atoms with Gasteiger partial charge in [-0.25, -0.2) is 0 Å². The van der Waals surface area contributed by atoms with Gasteiger partial charge in [0.1, 0.15) is 41.5 Å². The van der Waals surface area contributed by atoms with Gasteiger partial charge in [0.15, 0.2) is 11.5 Å². The number of carbonyl (C=O) groups excluding carboxylic acids is 4. The molecule has 3 aliphatic heterocycles. The fraction of sp³-hybridized carbons (Fsp3) is 0.353. The summed E-state index contributed by atoms with van der Waals surface area (Å²) in [4.78, 5) is 55.1. The fourth-order valence-electron chi connectivity index (χ4n) is 5.25. The van der Waals surface area contributed by atoms with Crippen LogP contribution in [0.1, 0.15) is 36.7 Å². The summed E-state index contributed by atoms with van der Waals surface area (Å²) < 4.78 is 17.3. The number of hydrogen-bond donors (Lipinski definition) is 4. The third-order valence-electron chi connectivity index (χ3n) is 7.94. The molecule has 0 radical (unpaired) electrons. The van der Waals surface area contributed by atoms with Crippen LogP contribution >= 0.6 is 0 Å². The Bertz CT molecular complexity index is 1600. The number of phenols is 1. The molecule has 3 aliphatic rings. The number of rotatable bonds is 5. The number of aromatic hydroxyl groups is 1. The Morgan fingerprint density at radius 3 is 2.26 bits per heavy atom. The second-order valence-electron chi connectivity index (χ2n) is 11.7. The SMILES string of the molecule is COc1ccccc1OC1CN(C(=O)[C@@H]2Cc3ccc(cc3)Oc3ccc(O)c(c3)C(=O)N[C@@H](C(C)C)C(=O)N[C@@H](C)C(=O)N2)C1. The van der Waals surface area contributed by atoms with Crippen LogP contribution in [0, 0.1) is 5.92 Å². The molecule has 12 heteroatoms. The normalized spacial score (nSPS) is 20.8. The fourth-order valence-corrected chi connectivity index (χ4v) is 5.25. The first-order valence-corrected chi connectivity index (χ1v) is 15.1. The number of carbonyl (C=O) groups is 4. The molecule has 1 fully saturated rings. The van der Waals surface area contributed by atoms with Gasteiger partial charge >= 0.3 is 0 Å². The van der Waals surface area contributed by atoms with Gasteiger partial charge in [0, 0.05) is 6.42 Å². The quantitative estimate of drug-likeness (QED) is 0.314. The molecule has 242 valence electrons. The molecule has 4 N–H and O–H groups in total. The van der Waals surface area contributed by atoms with E-state index < -0.39 is 35.8 Å². The van der Waals surface area contributed by atoms with Crippen LogP contribution in [0.15, 0.2) is 66.7 Å². The standard InChI is InChI=1S/C34H38N4O8/c1-19(2)30-33(42)35-20(3)31(40)36-26(34(43)38-17-24(18-38)46-29-8-6-5-7-28(29)44-4)15-21-9-11-22(12-10-21)45-23-13-14-27(39)25(16-23)32(41)37-30/h5-14,16,19-20,24,26,30,39H,15,17-18H2,1-4H3,(H,35,42)(H,36,40)(H,37,41)/t20-,26-,30-/m0/s1. The maximum atomic E-state index is 13.7. The van der Waals surface area contributed by atoms with E-state index >= 15 is 0 Å². The Morgan fingerprint density at radius 1 is 0.913 bits per heavy atom. The molecule has 6 rings (SSSR count). The van der Waals surface area contributed by atoms with Crippen molar-refractivity contribution in [1.82, 2.24) is 20.9 Å². The lowest BCUT2D eigenvalue weighted by Crippen LogP contribution is -2.62. The molecule has 1 saturated heterocycles. The minimum Gasteiger partial charge on any atom is -0.507 e. The zero-order chi connectivity index (χ0) is 33.0. The van der Waals surface area contributed by atoms with Crippen LogP contribution in [0.2, 0.25) is 0 Å². The van der Waals surface area contributed by atoms with E-state index in [-0.39, 0.29) is 35.7 Å². The van der Waals surface area contributed by atoms with Crippen molar-refractivity contribution in [3.05, 3.63) is 77.9 Å². The molecular formula is C34H38N4O8. The van der Waals surface area contributed by atoms with E-state index in [9.17, 15) is 24.3 Å². The lowest BCUT2D eigenvalue weighted by atomic mass is 10.0. The number of nitrogens with one attached hydrogen (secondary N) is 3. The molecule has 3 aromatic rings. The smallest absolute Gasteiger partial charge is 0.255 e. The lowest BCUT2D eigenvalue weighted by molar-refractivity contribution is -0.144. The number of fused-ring (bicyclic) bond motifs is 11. The second-order valence-corrected chi connectivity index (χ2v) is 11.7. The van der Waals surface area contributed by atoms with Crippen LogP contribution in [0.4, 0.5) is 0 Å². The predicted molar refractivity (Wildman–Crippen MR) is 168 cm³/mol. The van der Waals surface area contributed by atoms with E-state index in [1.807, 2.05) is 12.1 Å². The van der Waals surface area contributed by atoms with Crippen molar-refractivity contribution < 1.29 is 38.5 Å². The van der Waals surface area contributed by atoms with Crippen LogP contribution in [-0.2, 0) is 20.8 Å². The molecule has 46 heavy (non-hydrogen) atoms. The first-order chi connectivity index (χ1) is 22.0. The molecular weight excluding hydrogens is 592 g/mol. The van der Waals surface area contributed by atoms with Gasteiger partial charge < -0.3 is 40.2 Å². The molecule has 0 spiro atoms. The maximum absolute atomic E-state index is 13.7. The highest BCUT2D eigenvalue weighted by atomic mass is 16.5. The molecule has 12 nitrogen and oxygen atoms in total. The number of ether oxygens (including phenoxy) is 3. The van der Waals surface area contributed by atoms with Gasteiger partial charge in [0.05, 0.1) is 25.8 Å². The third kappa shape index (κ3) is 7.33. The predicted octanol–water partition coefficient (Wildman–Crippen LogP) is 2.78. The van der Waals surface area contributed by atoms with Crippen molar-refractivity contribution in [2.45, 2.75) is 51.4 Å². The average molecular weight is 631 g/mol. The number of nitrogens with zero attached hydrogens (tertiary/aromatic N) is 1. The van der Waals surface area contributed by atoms with Gasteiger partial charge in [-0.3, -0.25) is 19.2 Å². The summed E-state index contributed by atoms with van der Waals surface area (Å²) in [6.45, 7) is 5.65. The van der Waals surface area contributed by atoms with Gasteiger partial charge in [-0.2, -0.15) is 0 Å². The summed E-state index contributed by atoms with van der Waals surface area (Å²) in [5.74, 6) is -0.805. The monoisotopic (exact) mass is 630 g/mol. The molecule has 0 unspecified atom stereocenters. The van der Waals surface area contributed by atoms with Gasteiger partial charge in [0.25, 0.3) is 5.91 Å². The van der Waals surface area contributed by atoms with E-state index in [1.54, 1.807) is 62.3 Å². The Kier molecular flexibility index (Phi) is 9.64. The third-order valence-corrected chi connectivity index (χ3v) is 7.94. The lowest BCUT2D eigenvalue weighted by Gasteiger charge is -2.41. The van der Waals surface area contributed by atoms with Crippen LogP contribution < -0.4 is 30.2 Å². The summed E-state index contributed by atoms with van der Waals surface area (Å²) in [7, 11) is 1.56. The van der Waals surface area contributed by atoms with Gasteiger partial charge in [0.2, 0.25) is 17.7 Å². The largest absolute Gasteiger partial charge is 0.507 e.